The van der Waals surface area contributed by atoms with Crippen molar-refractivity contribution in [3.63, 3.8) is 0 Å². The Kier molecular flexibility index (Phi) is 7.12. The Labute approximate surface area is 101 Å². The first-order valence-electron chi connectivity index (χ1n) is 5.62. The molecule has 0 saturated carbocycles. The highest BCUT2D eigenvalue weighted by atomic mass is 32.1. The molecule has 0 radical (unpaired) electrons. The average Bonchev–Trinajstić information content (AvgIpc) is 2.74. The third-order valence-corrected chi connectivity index (χ3v) is 2.89. The zero-order chi connectivity index (χ0) is 11.6. The summed E-state index contributed by atoms with van der Waals surface area (Å²) in [7, 11) is 1.70. The first kappa shape index (κ1) is 13.4. The normalized spacial score (nSPS) is 10.6. The second kappa shape index (κ2) is 8.50. The Hall–Kier alpha value is -0.650. The molecule has 1 heterocycles. The van der Waals surface area contributed by atoms with E-state index >= 15 is 0 Å². The van der Waals surface area contributed by atoms with Crippen LogP contribution in [0.25, 0.3) is 0 Å². The number of aromatic nitrogens is 1. The zero-order valence-corrected chi connectivity index (χ0v) is 10.8. The first-order valence-corrected chi connectivity index (χ1v) is 6.43. The van der Waals surface area contributed by atoms with Crippen LogP contribution in [-0.2, 0) is 16.1 Å². The molecular formula is C11H20N2O2S. The van der Waals surface area contributed by atoms with Gasteiger partial charge in [-0.05, 0) is 12.8 Å². The highest BCUT2D eigenvalue weighted by Gasteiger charge is 2.00. The van der Waals surface area contributed by atoms with Gasteiger partial charge in [0.25, 0.3) is 0 Å². The number of ether oxygens (including phenoxy) is 2. The first-order chi connectivity index (χ1) is 7.86. The van der Waals surface area contributed by atoms with Crippen molar-refractivity contribution in [1.29, 1.82) is 0 Å². The third-order valence-electron chi connectivity index (χ3n) is 1.96. The van der Waals surface area contributed by atoms with Crippen molar-refractivity contribution in [3.05, 3.63) is 11.1 Å². The molecule has 5 heteroatoms. The number of rotatable bonds is 9. The number of thiazole rings is 1. The molecule has 1 N–H and O–H groups in total. The van der Waals surface area contributed by atoms with Crippen LogP contribution in [0.1, 0.15) is 24.6 Å². The van der Waals surface area contributed by atoms with E-state index in [1.165, 1.54) is 0 Å². The molecule has 1 rings (SSSR count). The van der Waals surface area contributed by atoms with E-state index in [9.17, 15) is 0 Å². The van der Waals surface area contributed by atoms with Crippen molar-refractivity contribution in [2.75, 3.05) is 32.2 Å². The SMILES string of the molecule is CCCNc1ncc(COCCCOC)s1. The third kappa shape index (κ3) is 5.44. The van der Waals surface area contributed by atoms with Gasteiger partial charge in [-0.3, -0.25) is 0 Å². The van der Waals surface area contributed by atoms with Crippen molar-refractivity contribution in [1.82, 2.24) is 4.98 Å². The van der Waals surface area contributed by atoms with Crippen LogP contribution in [0.5, 0.6) is 0 Å². The van der Waals surface area contributed by atoms with Crippen molar-refractivity contribution in [2.24, 2.45) is 0 Å². The summed E-state index contributed by atoms with van der Waals surface area (Å²) in [5.74, 6) is 0. The summed E-state index contributed by atoms with van der Waals surface area (Å²) in [4.78, 5) is 5.43. The van der Waals surface area contributed by atoms with E-state index in [2.05, 4.69) is 17.2 Å². The van der Waals surface area contributed by atoms with Crippen LogP contribution in [-0.4, -0.2) is 31.9 Å². The Bertz CT molecular complexity index is 279. The van der Waals surface area contributed by atoms with Crippen LogP contribution in [0.2, 0.25) is 0 Å². The van der Waals surface area contributed by atoms with E-state index in [-0.39, 0.29) is 0 Å². The number of hydrogen-bond acceptors (Lipinski definition) is 5. The maximum atomic E-state index is 5.50. The van der Waals surface area contributed by atoms with E-state index in [0.717, 1.165) is 42.6 Å². The smallest absolute Gasteiger partial charge is 0.182 e. The Balaban J connectivity index is 2.14. The van der Waals surface area contributed by atoms with Crippen LogP contribution in [0, 0.1) is 0 Å². The van der Waals surface area contributed by atoms with Crippen molar-refractivity contribution >= 4 is 16.5 Å². The molecule has 0 aliphatic rings. The van der Waals surface area contributed by atoms with Gasteiger partial charge in [0.05, 0.1) is 11.5 Å². The predicted octanol–water partition coefficient (Wildman–Crippen LogP) is 2.52. The van der Waals surface area contributed by atoms with Gasteiger partial charge in [-0.1, -0.05) is 18.3 Å². The molecule has 0 aromatic carbocycles. The highest BCUT2D eigenvalue weighted by Crippen LogP contribution is 2.18. The second-order valence-corrected chi connectivity index (χ2v) is 4.57. The lowest BCUT2D eigenvalue weighted by molar-refractivity contribution is 0.0942. The van der Waals surface area contributed by atoms with Crippen LogP contribution in [0.3, 0.4) is 0 Å². The zero-order valence-electron chi connectivity index (χ0n) is 9.99. The van der Waals surface area contributed by atoms with Gasteiger partial charge in [-0.15, -0.1) is 0 Å². The van der Waals surface area contributed by atoms with Crippen molar-refractivity contribution in [2.45, 2.75) is 26.4 Å². The fourth-order valence-electron chi connectivity index (χ4n) is 1.17. The summed E-state index contributed by atoms with van der Waals surface area (Å²) >= 11 is 1.66. The molecule has 92 valence electrons. The molecule has 4 nitrogen and oxygen atoms in total. The predicted molar refractivity (Wildman–Crippen MR) is 67.0 cm³/mol. The maximum absolute atomic E-state index is 5.50. The highest BCUT2D eigenvalue weighted by molar-refractivity contribution is 7.15. The number of anilines is 1. The molecule has 0 atom stereocenters. The van der Waals surface area contributed by atoms with Crippen LogP contribution >= 0.6 is 11.3 Å². The quantitative estimate of drug-likeness (QED) is 0.678. The Morgan fingerprint density at radius 2 is 2.31 bits per heavy atom. The lowest BCUT2D eigenvalue weighted by Gasteiger charge is -2.01. The lowest BCUT2D eigenvalue weighted by atomic mass is 10.5. The molecule has 0 unspecified atom stereocenters. The van der Waals surface area contributed by atoms with Gasteiger partial charge in [0.2, 0.25) is 0 Å². The standard InChI is InChI=1S/C11H20N2O2S/c1-3-5-12-11-13-8-10(16-11)9-15-7-4-6-14-2/h8H,3-7,9H2,1-2H3,(H,12,13). The summed E-state index contributed by atoms with van der Waals surface area (Å²) in [6, 6.07) is 0. The molecule has 1 aromatic rings. The molecule has 0 fully saturated rings. The van der Waals surface area contributed by atoms with Gasteiger partial charge in [0.15, 0.2) is 5.13 Å². The summed E-state index contributed by atoms with van der Waals surface area (Å²) in [5.41, 5.74) is 0. The fraction of sp³-hybridized carbons (Fsp3) is 0.727. The Morgan fingerprint density at radius 3 is 3.06 bits per heavy atom. The molecule has 0 aliphatic heterocycles. The largest absolute Gasteiger partial charge is 0.385 e. The summed E-state index contributed by atoms with van der Waals surface area (Å²) < 4.78 is 10.4. The molecule has 0 saturated heterocycles. The molecule has 16 heavy (non-hydrogen) atoms. The second-order valence-electron chi connectivity index (χ2n) is 3.46. The summed E-state index contributed by atoms with van der Waals surface area (Å²) in [6.45, 7) is 5.26. The van der Waals surface area contributed by atoms with Gasteiger partial charge in [0.1, 0.15) is 0 Å². The molecule has 0 bridgehead atoms. The van der Waals surface area contributed by atoms with E-state index < -0.39 is 0 Å². The minimum absolute atomic E-state index is 0.648. The van der Waals surface area contributed by atoms with Gasteiger partial charge in [-0.25, -0.2) is 4.98 Å². The van der Waals surface area contributed by atoms with Gasteiger partial charge >= 0.3 is 0 Å². The topological polar surface area (TPSA) is 43.4 Å². The minimum atomic E-state index is 0.648. The molecule has 0 spiro atoms. The number of hydrogen-bond donors (Lipinski definition) is 1. The number of nitrogens with zero attached hydrogens (tertiary/aromatic N) is 1. The maximum Gasteiger partial charge on any atom is 0.182 e. The van der Waals surface area contributed by atoms with Crippen molar-refractivity contribution in [3.8, 4) is 0 Å². The molecule has 1 aromatic heterocycles. The van der Waals surface area contributed by atoms with Gasteiger partial charge in [0, 0.05) is 33.1 Å². The van der Waals surface area contributed by atoms with Crippen LogP contribution in [0.15, 0.2) is 6.20 Å². The van der Waals surface area contributed by atoms with E-state index in [1.807, 2.05) is 6.20 Å². The summed E-state index contributed by atoms with van der Waals surface area (Å²) in [5, 5.41) is 4.24. The number of methoxy groups -OCH3 is 1. The molecular weight excluding hydrogens is 224 g/mol. The van der Waals surface area contributed by atoms with Crippen molar-refractivity contribution < 1.29 is 9.47 Å². The molecule has 0 aliphatic carbocycles. The number of nitrogens with one attached hydrogen (secondary N) is 1. The van der Waals surface area contributed by atoms with Crippen LogP contribution < -0.4 is 5.32 Å². The van der Waals surface area contributed by atoms with E-state index in [1.54, 1.807) is 18.4 Å². The Morgan fingerprint density at radius 1 is 1.44 bits per heavy atom. The minimum Gasteiger partial charge on any atom is -0.385 e. The summed E-state index contributed by atoms with van der Waals surface area (Å²) in [6.07, 6.45) is 3.93. The van der Waals surface area contributed by atoms with Gasteiger partial charge in [-0.2, -0.15) is 0 Å². The monoisotopic (exact) mass is 244 g/mol. The van der Waals surface area contributed by atoms with E-state index in [0.29, 0.717) is 6.61 Å². The van der Waals surface area contributed by atoms with E-state index in [4.69, 9.17) is 9.47 Å². The fourth-order valence-corrected chi connectivity index (χ4v) is 1.94. The van der Waals surface area contributed by atoms with Crippen LogP contribution in [0.4, 0.5) is 5.13 Å². The lowest BCUT2D eigenvalue weighted by Crippen LogP contribution is -1.98. The molecule has 0 amide bonds. The van der Waals surface area contributed by atoms with Gasteiger partial charge < -0.3 is 14.8 Å². The average molecular weight is 244 g/mol.